The minimum atomic E-state index is -4.20. The molecule has 0 aliphatic rings. The standard InChI is InChI=1S/C12H13F5N2O2/c13-9-6-10(14)11(19(20)21)5-8(9)7-18-4-2-1-3-12(15,16)17/h5-6,18H,1-4,7H2. The molecular weight excluding hydrogens is 299 g/mol. The van der Waals surface area contributed by atoms with Crippen molar-refractivity contribution in [1.29, 1.82) is 0 Å². The van der Waals surface area contributed by atoms with Crippen molar-refractivity contribution in [2.24, 2.45) is 0 Å². The van der Waals surface area contributed by atoms with E-state index in [1.165, 1.54) is 0 Å². The highest BCUT2D eigenvalue weighted by Gasteiger charge is 2.25. The van der Waals surface area contributed by atoms with Gasteiger partial charge in [-0.1, -0.05) is 0 Å². The topological polar surface area (TPSA) is 55.2 Å². The van der Waals surface area contributed by atoms with Crippen molar-refractivity contribution in [3.63, 3.8) is 0 Å². The zero-order valence-electron chi connectivity index (χ0n) is 10.8. The van der Waals surface area contributed by atoms with E-state index in [1.807, 2.05) is 0 Å². The summed E-state index contributed by atoms with van der Waals surface area (Å²) in [7, 11) is 0. The third-order valence-corrected chi connectivity index (χ3v) is 2.69. The Morgan fingerprint density at radius 1 is 1.14 bits per heavy atom. The van der Waals surface area contributed by atoms with Crippen LogP contribution >= 0.6 is 0 Å². The van der Waals surface area contributed by atoms with Crippen LogP contribution in [0.4, 0.5) is 27.6 Å². The van der Waals surface area contributed by atoms with Crippen LogP contribution < -0.4 is 5.32 Å². The summed E-state index contributed by atoms with van der Waals surface area (Å²) in [6.07, 6.45) is -4.94. The van der Waals surface area contributed by atoms with Crippen LogP contribution in [-0.4, -0.2) is 17.6 Å². The summed E-state index contributed by atoms with van der Waals surface area (Å²) < 4.78 is 62.1. The zero-order valence-corrected chi connectivity index (χ0v) is 10.8. The minimum absolute atomic E-state index is 0.0669. The maximum Gasteiger partial charge on any atom is 0.389 e. The lowest BCUT2D eigenvalue weighted by molar-refractivity contribution is -0.387. The maximum atomic E-state index is 13.4. The Morgan fingerprint density at radius 2 is 1.81 bits per heavy atom. The first-order valence-electron chi connectivity index (χ1n) is 6.10. The summed E-state index contributed by atoms with van der Waals surface area (Å²) >= 11 is 0. The number of rotatable bonds is 7. The fraction of sp³-hybridized carbons (Fsp3) is 0.500. The van der Waals surface area contributed by atoms with E-state index >= 15 is 0 Å². The van der Waals surface area contributed by atoms with Gasteiger partial charge < -0.3 is 5.32 Å². The van der Waals surface area contributed by atoms with E-state index in [-0.39, 0.29) is 31.5 Å². The lowest BCUT2D eigenvalue weighted by Crippen LogP contribution is -2.17. The molecule has 0 saturated carbocycles. The fourth-order valence-electron chi connectivity index (χ4n) is 1.65. The Bertz CT molecular complexity index is 505. The molecule has 1 aromatic carbocycles. The van der Waals surface area contributed by atoms with E-state index in [2.05, 4.69) is 5.32 Å². The molecule has 0 bridgehead atoms. The number of halogens is 5. The van der Waals surface area contributed by atoms with E-state index in [0.29, 0.717) is 6.07 Å². The van der Waals surface area contributed by atoms with Crippen molar-refractivity contribution < 1.29 is 26.9 Å². The number of nitrogens with zero attached hydrogens (tertiary/aromatic N) is 1. The van der Waals surface area contributed by atoms with Crippen LogP contribution in [0.3, 0.4) is 0 Å². The number of nitro groups is 1. The van der Waals surface area contributed by atoms with Gasteiger partial charge in [0.15, 0.2) is 0 Å². The molecule has 4 nitrogen and oxygen atoms in total. The molecule has 1 aromatic rings. The molecule has 0 spiro atoms. The summed E-state index contributed by atoms with van der Waals surface area (Å²) in [5, 5.41) is 13.2. The van der Waals surface area contributed by atoms with Gasteiger partial charge in [-0.3, -0.25) is 10.1 Å². The van der Waals surface area contributed by atoms with Gasteiger partial charge in [0.05, 0.1) is 4.92 Å². The average molecular weight is 312 g/mol. The largest absolute Gasteiger partial charge is 0.389 e. The van der Waals surface area contributed by atoms with Crippen molar-refractivity contribution in [3.05, 3.63) is 39.4 Å². The molecule has 0 radical (unpaired) electrons. The second kappa shape index (κ2) is 7.30. The van der Waals surface area contributed by atoms with Gasteiger partial charge in [0.25, 0.3) is 0 Å². The predicted octanol–water partition coefficient (Wildman–Crippen LogP) is 3.70. The molecule has 0 saturated heterocycles. The van der Waals surface area contributed by atoms with Gasteiger partial charge in [-0.15, -0.1) is 0 Å². The molecule has 21 heavy (non-hydrogen) atoms. The highest BCUT2D eigenvalue weighted by molar-refractivity contribution is 5.37. The summed E-state index contributed by atoms with van der Waals surface area (Å²) in [4.78, 5) is 9.54. The fourth-order valence-corrected chi connectivity index (χ4v) is 1.65. The van der Waals surface area contributed by atoms with Crippen LogP contribution in [0, 0.1) is 21.7 Å². The highest BCUT2D eigenvalue weighted by atomic mass is 19.4. The Balaban J connectivity index is 2.45. The number of nitro benzene ring substituents is 1. The van der Waals surface area contributed by atoms with Crippen LogP contribution in [0.25, 0.3) is 0 Å². The monoisotopic (exact) mass is 312 g/mol. The van der Waals surface area contributed by atoms with E-state index in [9.17, 15) is 32.1 Å². The molecule has 0 heterocycles. The second-order valence-corrected chi connectivity index (χ2v) is 4.40. The van der Waals surface area contributed by atoms with Crippen LogP contribution in [0.2, 0.25) is 0 Å². The van der Waals surface area contributed by atoms with Crippen molar-refractivity contribution in [3.8, 4) is 0 Å². The van der Waals surface area contributed by atoms with Gasteiger partial charge in [-0.25, -0.2) is 4.39 Å². The molecule has 118 valence electrons. The molecule has 1 N–H and O–H groups in total. The number of unbranched alkanes of at least 4 members (excludes halogenated alkanes) is 1. The Labute approximate surface area is 117 Å². The van der Waals surface area contributed by atoms with Crippen molar-refractivity contribution in [2.75, 3.05) is 6.54 Å². The predicted molar refractivity (Wildman–Crippen MR) is 64.6 cm³/mol. The first kappa shape index (κ1) is 17.3. The number of benzene rings is 1. The Hall–Kier alpha value is -1.77. The first-order valence-corrected chi connectivity index (χ1v) is 6.10. The van der Waals surface area contributed by atoms with E-state index in [1.54, 1.807) is 0 Å². The maximum absolute atomic E-state index is 13.4. The van der Waals surface area contributed by atoms with Crippen molar-refractivity contribution in [2.45, 2.75) is 32.0 Å². The quantitative estimate of drug-likeness (QED) is 0.361. The molecule has 0 unspecified atom stereocenters. The zero-order chi connectivity index (χ0) is 16.0. The molecule has 0 atom stereocenters. The molecule has 1 rings (SSSR count). The molecule has 0 aliphatic heterocycles. The van der Waals surface area contributed by atoms with E-state index < -0.39 is 34.8 Å². The van der Waals surface area contributed by atoms with Gasteiger partial charge in [0.1, 0.15) is 5.82 Å². The number of nitrogens with one attached hydrogen (secondary N) is 1. The van der Waals surface area contributed by atoms with Crippen molar-refractivity contribution in [1.82, 2.24) is 5.32 Å². The average Bonchev–Trinajstić information content (AvgIpc) is 2.33. The van der Waals surface area contributed by atoms with Gasteiger partial charge in [0.2, 0.25) is 5.82 Å². The molecular formula is C12H13F5N2O2. The highest BCUT2D eigenvalue weighted by Crippen LogP contribution is 2.22. The third-order valence-electron chi connectivity index (χ3n) is 2.69. The molecule has 0 amide bonds. The first-order chi connectivity index (χ1) is 9.70. The third kappa shape index (κ3) is 6.03. The smallest absolute Gasteiger partial charge is 0.313 e. The van der Waals surface area contributed by atoms with Crippen LogP contribution in [0.5, 0.6) is 0 Å². The van der Waals surface area contributed by atoms with E-state index in [0.717, 1.165) is 6.07 Å². The van der Waals surface area contributed by atoms with Gasteiger partial charge >= 0.3 is 11.9 Å². The summed E-state index contributed by atoms with van der Waals surface area (Å²) in [6, 6.07) is 1.19. The number of hydrogen-bond acceptors (Lipinski definition) is 3. The molecule has 0 fully saturated rings. The lowest BCUT2D eigenvalue weighted by atomic mass is 10.1. The van der Waals surface area contributed by atoms with Crippen LogP contribution in [-0.2, 0) is 6.54 Å². The summed E-state index contributed by atoms with van der Waals surface area (Å²) in [5.41, 5.74) is -0.954. The minimum Gasteiger partial charge on any atom is -0.313 e. The number of alkyl halides is 3. The SMILES string of the molecule is O=[N+]([O-])c1cc(CNCCCCC(F)(F)F)c(F)cc1F. The normalized spacial score (nSPS) is 11.7. The Morgan fingerprint density at radius 3 is 2.38 bits per heavy atom. The summed E-state index contributed by atoms with van der Waals surface area (Å²) in [5.74, 6) is -2.22. The molecule has 9 heteroatoms. The van der Waals surface area contributed by atoms with Crippen LogP contribution in [0.15, 0.2) is 12.1 Å². The van der Waals surface area contributed by atoms with Gasteiger partial charge in [0, 0.05) is 30.7 Å². The molecule has 0 aromatic heterocycles. The van der Waals surface area contributed by atoms with Crippen LogP contribution in [0.1, 0.15) is 24.8 Å². The summed E-state index contributed by atoms with van der Waals surface area (Å²) in [6.45, 7) is 0.0691. The lowest BCUT2D eigenvalue weighted by Gasteiger charge is -2.08. The molecule has 0 aliphatic carbocycles. The van der Waals surface area contributed by atoms with E-state index in [4.69, 9.17) is 0 Å². The second-order valence-electron chi connectivity index (χ2n) is 4.40. The Kier molecular flexibility index (Phi) is 6.01. The van der Waals surface area contributed by atoms with Crippen molar-refractivity contribution >= 4 is 5.69 Å². The number of hydrogen-bond donors (Lipinski definition) is 1. The van der Waals surface area contributed by atoms with Gasteiger partial charge in [-0.2, -0.15) is 17.6 Å². The van der Waals surface area contributed by atoms with Gasteiger partial charge in [-0.05, 0) is 19.4 Å².